The molecule has 1 atom stereocenters. The molecule has 26 heavy (non-hydrogen) atoms. The van der Waals surface area contributed by atoms with Crippen molar-refractivity contribution < 1.29 is 19.8 Å². The molecule has 0 bridgehead atoms. The molecule has 2 aliphatic rings. The highest BCUT2D eigenvalue weighted by atomic mass is 16.3. The molecule has 2 heterocycles. The molecule has 0 radical (unpaired) electrons. The van der Waals surface area contributed by atoms with Gasteiger partial charge in [0.25, 0.3) is 5.91 Å². The summed E-state index contributed by atoms with van der Waals surface area (Å²) in [4.78, 5) is 28.5. The third-order valence-corrected chi connectivity index (χ3v) is 4.75. The molecule has 2 aromatic carbocycles. The van der Waals surface area contributed by atoms with E-state index in [0.717, 1.165) is 5.56 Å². The van der Waals surface area contributed by atoms with E-state index in [-0.39, 0.29) is 30.0 Å². The normalized spacial score (nSPS) is 19.7. The molecule has 4 rings (SSSR count). The number of anilines is 1. The minimum Gasteiger partial charge on any atom is -0.508 e. The molecule has 132 valence electrons. The Kier molecular flexibility index (Phi) is 3.57. The lowest BCUT2D eigenvalue weighted by Crippen LogP contribution is -2.45. The van der Waals surface area contributed by atoms with Gasteiger partial charge < -0.3 is 20.4 Å². The number of likely N-dealkylation sites (N-methyl/N-ethyl adjacent to an activating group) is 1. The van der Waals surface area contributed by atoms with Gasteiger partial charge in [0.15, 0.2) is 0 Å². The highest BCUT2D eigenvalue weighted by molar-refractivity contribution is 6.11. The van der Waals surface area contributed by atoms with Gasteiger partial charge in [0.05, 0.1) is 23.9 Å². The minimum absolute atomic E-state index is 0.116. The zero-order chi connectivity index (χ0) is 18.4. The number of aromatic hydroxyl groups is 2. The molecule has 0 aliphatic carbocycles. The van der Waals surface area contributed by atoms with Crippen molar-refractivity contribution in [2.45, 2.75) is 6.04 Å². The van der Waals surface area contributed by atoms with E-state index in [9.17, 15) is 19.8 Å². The van der Waals surface area contributed by atoms with E-state index in [2.05, 4.69) is 5.32 Å². The van der Waals surface area contributed by atoms with E-state index in [4.69, 9.17) is 0 Å². The highest BCUT2D eigenvalue weighted by Gasteiger charge is 2.43. The monoisotopic (exact) mass is 351 g/mol. The first-order chi connectivity index (χ1) is 12.5. The second-order valence-electron chi connectivity index (χ2n) is 6.30. The summed E-state index contributed by atoms with van der Waals surface area (Å²) in [6.07, 6.45) is 0. The fourth-order valence-electron chi connectivity index (χ4n) is 3.33. The van der Waals surface area contributed by atoms with Gasteiger partial charge in [-0.25, -0.2) is 4.79 Å². The zero-order valence-electron chi connectivity index (χ0n) is 14.0. The summed E-state index contributed by atoms with van der Waals surface area (Å²) in [7, 11) is 1.63. The van der Waals surface area contributed by atoms with Crippen LogP contribution < -0.4 is 10.2 Å². The van der Waals surface area contributed by atoms with Crippen LogP contribution in [-0.4, -0.2) is 40.6 Å². The first-order valence-electron chi connectivity index (χ1n) is 8.13. The average Bonchev–Trinajstić information content (AvgIpc) is 2.97. The Hall–Kier alpha value is -3.48. The van der Waals surface area contributed by atoms with Crippen LogP contribution in [0.25, 0.3) is 0 Å². The topological polar surface area (TPSA) is 93.1 Å². The van der Waals surface area contributed by atoms with Gasteiger partial charge in [-0.05, 0) is 42.0 Å². The number of phenols is 2. The molecule has 7 nitrogen and oxygen atoms in total. The molecule has 0 fully saturated rings. The predicted octanol–water partition coefficient (Wildman–Crippen LogP) is 2.09. The quantitative estimate of drug-likeness (QED) is 0.772. The number of carbonyl (C=O) groups excluding carboxylic acids is 2. The van der Waals surface area contributed by atoms with Crippen LogP contribution in [0.3, 0.4) is 0 Å². The SMILES string of the molecule is CN1C(=O)N[C@H](c2ccc(O)cc2)C2=C1CN(c1ccc(O)cc1)C2=O. The first kappa shape index (κ1) is 16.0. The van der Waals surface area contributed by atoms with Crippen LogP contribution in [0, 0.1) is 0 Å². The molecular weight excluding hydrogens is 334 g/mol. The van der Waals surface area contributed by atoms with Crippen molar-refractivity contribution in [1.82, 2.24) is 10.2 Å². The van der Waals surface area contributed by atoms with E-state index in [0.29, 0.717) is 17.0 Å². The van der Waals surface area contributed by atoms with E-state index in [1.165, 1.54) is 29.2 Å². The van der Waals surface area contributed by atoms with Gasteiger partial charge in [-0.15, -0.1) is 0 Å². The van der Waals surface area contributed by atoms with Crippen molar-refractivity contribution in [1.29, 1.82) is 0 Å². The van der Waals surface area contributed by atoms with Crippen LogP contribution in [-0.2, 0) is 4.79 Å². The Labute approximate surface area is 149 Å². The summed E-state index contributed by atoms with van der Waals surface area (Å²) in [5.74, 6) is 0.0374. The predicted molar refractivity (Wildman–Crippen MR) is 94.6 cm³/mol. The van der Waals surface area contributed by atoms with Gasteiger partial charge in [-0.2, -0.15) is 0 Å². The molecule has 0 unspecified atom stereocenters. The largest absolute Gasteiger partial charge is 0.508 e. The number of urea groups is 1. The molecule has 2 aromatic rings. The van der Waals surface area contributed by atoms with Gasteiger partial charge >= 0.3 is 6.03 Å². The smallest absolute Gasteiger partial charge is 0.322 e. The molecule has 0 saturated carbocycles. The van der Waals surface area contributed by atoms with Crippen molar-refractivity contribution in [3.63, 3.8) is 0 Å². The number of hydrogen-bond donors (Lipinski definition) is 3. The number of carbonyl (C=O) groups is 2. The Morgan fingerprint density at radius 2 is 1.54 bits per heavy atom. The average molecular weight is 351 g/mol. The van der Waals surface area contributed by atoms with Crippen molar-refractivity contribution in [2.75, 3.05) is 18.5 Å². The summed E-state index contributed by atoms with van der Waals surface area (Å²) >= 11 is 0. The lowest BCUT2D eigenvalue weighted by Gasteiger charge is -2.31. The molecule has 3 N–H and O–H groups in total. The highest BCUT2D eigenvalue weighted by Crippen LogP contribution is 2.38. The van der Waals surface area contributed by atoms with Gasteiger partial charge in [0.1, 0.15) is 11.5 Å². The fraction of sp³-hybridized carbons (Fsp3) is 0.158. The van der Waals surface area contributed by atoms with Gasteiger partial charge in [-0.1, -0.05) is 12.1 Å². The third-order valence-electron chi connectivity index (χ3n) is 4.75. The maximum Gasteiger partial charge on any atom is 0.322 e. The maximum absolute atomic E-state index is 13.1. The zero-order valence-corrected chi connectivity index (χ0v) is 14.0. The minimum atomic E-state index is -0.580. The number of phenolic OH excluding ortho intramolecular Hbond substituents is 2. The number of amides is 3. The van der Waals surface area contributed by atoms with E-state index in [1.807, 2.05) is 0 Å². The number of benzene rings is 2. The van der Waals surface area contributed by atoms with Crippen molar-refractivity contribution in [3.05, 3.63) is 65.4 Å². The molecular formula is C19H17N3O4. The fourth-order valence-corrected chi connectivity index (χ4v) is 3.33. The lowest BCUT2D eigenvalue weighted by atomic mass is 9.95. The van der Waals surface area contributed by atoms with Crippen molar-refractivity contribution in [2.24, 2.45) is 0 Å². The number of nitrogens with zero attached hydrogens (tertiary/aromatic N) is 2. The Morgan fingerprint density at radius 1 is 0.962 bits per heavy atom. The molecule has 2 aliphatic heterocycles. The van der Waals surface area contributed by atoms with E-state index < -0.39 is 6.04 Å². The Balaban J connectivity index is 1.75. The second kappa shape index (κ2) is 5.80. The number of nitrogens with one attached hydrogen (secondary N) is 1. The summed E-state index contributed by atoms with van der Waals surface area (Å²) < 4.78 is 0. The van der Waals surface area contributed by atoms with Gasteiger partial charge in [0, 0.05) is 12.7 Å². The molecule has 0 aromatic heterocycles. The Bertz CT molecular complexity index is 919. The summed E-state index contributed by atoms with van der Waals surface area (Å²) in [5, 5.41) is 21.8. The summed E-state index contributed by atoms with van der Waals surface area (Å²) in [6, 6.07) is 11.9. The molecule has 0 saturated heterocycles. The third kappa shape index (κ3) is 2.45. The number of hydrogen-bond acceptors (Lipinski definition) is 4. The van der Waals surface area contributed by atoms with Crippen molar-refractivity contribution in [3.8, 4) is 11.5 Å². The van der Waals surface area contributed by atoms with Crippen LogP contribution in [0.1, 0.15) is 11.6 Å². The van der Waals surface area contributed by atoms with Crippen LogP contribution in [0.4, 0.5) is 10.5 Å². The second-order valence-corrected chi connectivity index (χ2v) is 6.30. The van der Waals surface area contributed by atoms with Crippen LogP contribution in [0.15, 0.2) is 59.8 Å². The van der Waals surface area contributed by atoms with Gasteiger partial charge in [-0.3, -0.25) is 9.69 Å². The summed E-state index contributed by atoms with van der Waals surface area (Å²) in [6.45, 7) is 0.275. The lowest BCUT2D eigenvalue weighted by molar-refractivity contribution is -0.114. The van der Waals surface area contributed by atoms with Crippen LogP contribution in [0.5, 0.6) is 11.5 Å². The first-order valence-corrected chi connectivity index (χ1v) is 8.13. The van der Waals surface area contributed by atoms with Gasteiger partial charge in [0.2, 0.25) is 0 Å². The van der Waals surface area contributed by atoms with Crippen molar-refractivity contribution >= 4 is 17.6 Å². The maximum atomic E-state index is 13.1. The standard InChI is InChI=1S/C19H17N3O4/c1-21-15-10-22(12-4-8-14(24)9-5-12)18(25)16(15)17(20-19(21)26)11-2-6-13(23)7-3-11/h2-9,17,23-24H,10H2,1H3,(H,20,26)/t17-/m1/s1. The molecule has 0 spiro atoms. The Morgan fingerprint density at radius 3 is 2.15 bits per heavy atom. The van der Waals surface area contributed by atoms with E-state index in [1.54, 1.807) is 36.2 Å². The van der Waals surface area contributed by atoms with Crippen LogP contribution in [0.2, 0.25) is 0 Å². The number of rotatable bonds is 2. The molecule has 3 amide bonds. The van der Waals surface area contributed by atoms with E-state index >= 15 is 0 Å². The summed E-state index contributed by atoms with van der Waals surface area (Å²) in [5.41, 5.74) is 2.51. The van der Waals surface area contributed by atoms with Crippen LogP contribution >= 0.6 is 0 Å². The molecule has 7 heteroatoms.